The summed E-state index contributed by atoms with van der Waals surface area (Å²) in [6.45, 7) is 0.132. The van der Waals surface area contributed by atoms with Gasteiger partial charge in [-0.1, -0.05) is 35.5 Å². The van der Waals surface area contributed by atoms with Crippen LogP contribution >= 0.6 is 0 Å². The second-order valence-corrected chi connectivity index (χ2v) is 3.99. The molecule has 0 saturated carbocycles. The Morgan fingerprint density at radius 3 is 2.60 bits per heavy atom. The number of hydrogen-bond acceptors (Lipinski definition) is 4. The summed E-state index contributed by atoms with van der Waals surface area (Å²) >= 11 is 0. The van der Waals surface area contributed by atoms with Crippen LogP contribution in [0.3, 0.4) is 0 Å². The number of aliphatic carboxylic acids is 1. The molecule has 2 amide bonds. The number of rotatable bonds is 5. The van der Waals surface area contributed by atoms with Crippen molar-refractivity contribution in [3.05, 3.63) is 53.9 Å². The zero-order chi connectivity index (χ0) is 14.4. The molecule has 20 heavy (non-hydrogen) atoms. The Balaban J connectivity index is 1.95. The van der Waals surface area contributed by atoms with Crippen molar-refractivity contribution in [1.82, 2.24) is 15.8 Å². The summed E-state index contributed by atoms with van der Waals surface area (Å²) in [5.74, 6) is -0.655. The molecule has 0 aliphatic heterocycles. The molecular weight excluding hydrogens is 262 g/mol. The number of urea groups is 1. The molecule has 7 heteroatoms. The normalized spacial score (nSPS) is 11.6. The van der Waals surface area contributed by atoms with Gasteiger partial charge >= 0.3 is 12.0 Å². The van der Waals surface area contributed by atoms with E-state index in [0.717, 1.165) is 0 Å². The molecule has 104 valence electrons. The molecule has 1 aromatic heterocycles. The van der Waals surface area contributed by atoms with Crippen LogP contribution < -0.4 is 10.6 Å². The number of benzene rings is 1. The number of aromatic nitrogens is 1. The molecule has 1 aromatic carbocycles. The van der Waals surface area contributed by atoms with Gasteiger partial charge in [-0.05, 0) is 5.56 Å². The monoisotopic (exact) mass is 275 g/mol. The highest BCUT2D eigenvalue weighted by Gasteiger charge is 2.21. The van der Waals surface area contributed by atoms with Gasteiger partial charge in [-0.25, -0.2) is 9.59 Å². The van der Waals surface area contributed by atoms with Crippen LogP contribution in [0.1, 0.15) is 17.4 Å². The van der Waals surface area contributed by atoms with E-state index in [1.54, 1.807) is 36.4 Å². The molecule has 0 radical (unpaired) electrons. The second kappa shape index (κ2) is 6.37. The van der Waals surface area contributed by atoms with E-state index >= 15 is 0 Å². The molecule has 0 spiro atoms. The Morgan fingerprint density at radius 1 is 1.25 bits per heavy atom. The molecule has 0 fully saturated rings. The maximum Gasteiger partial charge on any atom is 0.330 e. The molecule has 3 N–H and O–H groups in total. The zero-order valence-electron chi connectivity index (χ0n) is 10.4. The number of carboxylic acid groups (broad SMARTS) is 1. The first-order valence-corrected chi connectivity index (χ1v) is 5.88. The minimum absolute atomic E-state index is 0.132. The van der Waals surface area contributed by atoms with Crippen molar-refractivity contribution in [1.29, 1.82) is 0 Å². The van der Waals surface area contributed by atoms with Crippen molar-refractivity contribution in [2.24, 2.45) is 0 Å². The van der Waals surface area contributed by atoms with Crippen molar-refractivity contribution >= 4 is 12.0 Å². The fourth-order valence-corrected chi connectivity index (χ4v) is 1.62. The highest BCUT2D eigenvalue weighted by atomic mass is 16.5. The van der Waals surface area contributed by atoms with Gasteiger partial charge in [0.1, 0.15) is 0 Å². The van der Waals surface area contributed by atoms with Gasteiger partial charge in [0.05, 0.1) is 12.7 Å². The van der Waals surface area contributed by atoms with E-state index in [2.05, 4.69) is 15.8 Å². The van der Waals surface area contributed by atoms with Crippen LogP contribution in [0.2, 0.25) is 0 Å². The largest absolute Gasteiger partial charge is 0.479 e. The van der Waals surface area contributed by atoms with Gasteiger partial charge < -0.3 is 20.3 Å². The second-order valence-electron chi connectivity index (χ2n) is 3.99. The highest BCUT2D eigenvalue weighted by Crippen LogP contribution is 2.12. The first-order chi connectivity index (χ1) is 9.66. The fraction of sp³-hybridized carbons (Fsp3) is 0.154. The van der Waals surface area contributed by atoms with Gasteiger partial charge in [0.2, 0.25) is 0 Å². The number of carbonyl (C=O) groups is 2. The number of carboxylic acids is 1. The van der Waals surface area contributed by atoms with E-state index < -0.39 is 18.0 Å². The van der Waals surface area contributed by atoms with E-state index in [9.17, 15) is 9.59 Å². The number of carbonyl (C=O) groups excluding carboxylic acids is 1. The van der Waals surface area contributed by atoms with Crippen molar-refractivity contribution < 1.29 is 19.2 Å². The molecule has 1 heterocycles. The SMILES string of the molecule is O=C(NCc1ccno1)NC(C(=O)O)c1ccccc1. The fourth-order valence-electron chi connectivity index (χ4n) is 1.62. The summed E-state index contributed by atoms with van der Waals surface area (Å²) in [7, 11) is 0. The summed E-state index contributed by atoms with van der Waals surface area (Å²) in [6, 6.07) is 8.35. The van der Waals surface area contributed by atoms with E-state index in [-0.39, 0.29) is 6.54 Å². The Bertz CT molecular complexity index is 569. The summed E-state index contributed by atoms with van der Waals surface area (Å²) in [5, 5.41) is 17.5. The molecule has 1 atom stereocenters. The van der Waals surface area contributed by atoms with Crippen LogP contribution in [-0.4, -0.2) is 22.3 Å². The van der Waals surface area contributed by atoms with E-state index in [4.69, 9.17) is 9.63 Å². The lowest BCUT2D eigenvalue weighted by Gasteiger charge is -2.15. The van der Waals surface area contributed by atoms with Crippen LogP contribution in [-0.2, 0) is 11.3 Å². The van der Waals surface area contributed by atoms with Crippen LogP contribution in [0.4, 0.5) is 4.79 Å². The summed E-state index contributed by atoms with van der Waals surface area (Å²) in [5.41, 5.74) is 0.495. The van der Waals surface area contributed by atoms with Crippen LogP contribution in [0.25, 0.3) is 0 Å². The van der Waals surface area contributed by atoms with Crippen LogP contribution in [0, 0.1) is 0 Å². The Kier molecular flexibility index (Phi) is 4.33. The quantitative estimate of drug-likeness (QED) is 0.763. The van der Waals surface area contributed by atoms with E-state index in [1.165, 1.54) is 6.20 Å². The van der Waals surface area contributed by atoms with Crippen LogP contribution in [0.15, 0.2) is 47.1 Å². The maximum atomic E-state index is 11.7. The van der Waals surface area contributed by atoms with E-state index in [0.29, 0.717) is 11.3 Å². The minimum Gasteiger partial charge on any atom is -0.479 e. The Morgan fingerprint density at radius 2 is 2.00 bits per heavy atom. The lowest BCUT2D eigenvalue weighted by atomic mass is 10.1. The summed E-state index contributed by atoms with van der Waals surface area (Å²) < 4.78 is 4.81. The predicted octanol–water partition coefficient (Wildman–Crippen LogP) is 1.30. The third-order valence-electron chi connectivity index (χ3n) is 2.57. The number of nitrogens with zero attached hydrogens (tertiary/aromatic N) is 1. The Hall–Kier alpha value is -2.83. The van der Waals surface area contributed by atoms with Gasteiger partial charge in [0.15, 0.2) is 11.8 Å². The van der Waals surface area contributed by atoms with Gasteiger partial charge in [-0.3, -0.25) is 0 Å². The maximum absolute atomic E-state index is 11.7. The predicted molar refractivity (Wildman–Crippen MR) is 68.7 cm³/mol. The van der Waals surface area contributed by atoms with Gasteiger partial charge in [0, 0.05) is 6.07 Å². The number of amides is 2. The zero-order valence-corrected chi connectivity index (χ0v) is 10.4. The van der Waals surface area contributed by atoms with Gasteiger partial charge in [-0.2, -0.15) is 0 Å². The lowest BCUT2D eigenvalue weighted by molar-refractivity contribution is -0.139. The molecule has 2 rings (SSSR count). The van der Waals surface area contributed by atoms with Crippen molar-refractivity contribution in [3.8, 4) is 0 Å². The molecule has 0 bridgehead atoms. The lowest BCUT2D eigenvalue weighted by Crippen LogP contribution is -2.40. The summed E-state index contributed by atoms with van der Waals surface area (Å²) in [6.07, 6.45) is 1.46. The number of nitrogens with one attached hydrogen (secondary N) is 2. The van der Waals surface area contributed by atoms with Crippen LogP contribution in [0.5, 0.6) is 0 Å². The topological polar surface area (TPSA) is 104 Å². The molecule has 0 saturated heterocycles. The summed E-state index contributed by atoms with van der Waals surface area (Å²) in [4.78, 5) is 22.9. The molecule has 2 aromatic rings. The van der Waals surface area contributed by atoms with Gasteiger partial charge in [-0.15, -0.1) is 0 Å². The molecule has 0 aliphatic rings. The van der Waals surface area contributed by atoms with Crippen molar-refractivity contribution in [3.63, 3.8) is 0 Å². The van der Waals surface area contributed by atoms with E-state index in [1.807, 2.05) is 0 Å². The third-order valence-corrected chi connectivity index (χ3v) is 2.57. The average Bonchev–Trinajstić information content (AvgIpc) is 2.96. The number of hydrogen-bond donors (Lipinski definition) is 3. The average molecular weight is 275 g/mol. The molecule has 1 unspecified atom stereocenters. The van der Waals surface area contributed by atoms with Crippen molar-refractivity contribution in [2.45, 2.75) is 12.6 Å². The van der Waals surface area contributed by atoms with Gasteiger partial charge in [0.25, 0.3) is 0 Å². The molecule has 7 nitrogen and oxygen atoms in total. The third kappa shape index (κ3) is 3.58. The molecule has 0 aliphatic carbocycles. The molecular formula is C13H13N3O4. The standard InChI is InChI=1S/C13H13N3O4/c17-12(18)11(9-4-2-1-3-5-9)16-13(19)14-8-10-6-7-15-20-10/h1-7,11H,8H2,(H,17,18)(H2,14,16,19). The Labute approximate surface area is 114 Å². The first-order valence-electron chi connectivity index (χ1n) is 5.88. The highest BCUT2D eigenvalue weighted by molar-refractivity contribution is 5.83. The first kappa shape index (κ1) is 13.6. The minimum atomic E-state index is -1.13. The smallest absolute Gasteiger partial charge is 0.330 e. The van der Waals surface area contributed by atoms with Crippen molar-refractivity contribution in [2.75, 3.05) is 0 Å².